The number of nitrogens with zero attached hydrogens (tertiary/aromatic N) is 1. The minimum absolute atomic E-state index is 0.120. The number of aliphatic hydroxyl groups is 1. The number of urea groups is 1. The van der Waals surface area contributed by atoms with Crippen molar-refractivity contribution in [2.24, 2.45) is 5.92 Å². The first-order valence-electron chi connectivity index (χ1n) is 6.21. The lowest BCUT2D eigenvalue weighted by atomic mass is 10.1. The van der Waals surface area contributed by atoms with Crippen LogP contribution in [0.5, 0.6) is 0 Å². The van der Waals surface area contributed by atoms with Gasteiger partial charge in [0.05, 0.1) is 6.10 Å². The van der Waals surface area contributed by atoms with Crippen LogP contribution in [0.15, 0.2) is 0 Å². The van der Waals surface area contributed by atoms with E-state index >= 15 is 0 Å². The standard InChI is InChI=1S/C12H24N2O4/c1-9(4-5-11(16)17)8-13-12(18)14(3)7-6-10(2)15/h9-10,15H,4-8H2,1-3H3,(H,13,18)(H,16,17). The second kappa shape index (κ2) is 8.74. The SMILES string of the molecule is CC(O)CCN(C)C(=O)NCC(C)CCC(=O)O. The number of hydrogen-bond donors (Lipinski definition) is 3. The lowest BCUT2D eigenvalue weighted by Gasteiger charge is -2.20. The molecule has 0 aromatic carbocycles. The van der Waals surface area contributed by atoms with Gasteiger partial charge in [0.25, 0.3) is 0 Å². The van der Waals surface area contributed by atoms with E-state index in [0.717, 1.165) is 0 Å². The van der Waals surface area contributed by atoms with Crippen molar-refractivity contribution in [2.45, 2.75) is 39.2 Å². The number of rotatable bonds is 8. The highest BCUT2D eigenvalue weighted by Gasteiger charge is 2.11. The minimum Gasteiger partial charge on any atom is -0.481 e. The van der Waals surface area contributed by atoms with Crippen LogP contribution in [0.2, 0.25) is 0 Å². The molecule has 2 unspecified atom stereocenters. The number of nitrogens with one attached hydrogen (secondary N) is 1. The Kier molecular flexibility index (Phi) is 8.11. The molecule has 0 bridgehead atoms. The number of hydrogen-bond acceptors (Lipinski definition) is 3. The summed E-state index contributed by atoms with van der Waals surface area (Å²) in [5.74, 6) is -0.683. The van der Waals surface area contributed by atoms with E-state index in [1.807, 2.05) is 6.92 Å². The molecule has 0 aromatic rings. The summed E-state index contributed by atoms with van der Waals surface area (Å²) in [7, 11) is 1.67. The zero-order chi connectivity index (χ0) is 14.1. The van der Waals surface area contributed by atoms with Crippen LogP contribution in [0.4, 0.5) is 4.79 Å². The largest absolute Gasteiger partial charge is 0.481 e. The van der Waals surface area contributed by atoms with E-state index in [4.69, 9.17) is 10.2 Å². The van der Waals surface area contributed by atoms with Gasteiger partial charge < -0.3 is 20.4 Å². The zero-order valence-corrected chi connectivity index (χ0v) is 11.3. The molecule has 0 aliphatic heterocycles. The molecule has 0 aromatic heterocycles. The summed E-state index contributed by atoms with van der Waals surface area (Å²) in [6.07, 6.45) is 0.787. The molecule has 0 heterocycles. The van der Waals surface area contributed by atoms with Crippen molar-refractivity contribution in [2.75, 3.05) is 20.1 Å². The number of aliphatic carboxylic acids is 1. The van der Waals surface area contributed by atoms with Crippen LogP contribution < -0.4 is 5.32 Å². The molecular weight excluding hydrogens is 236 g/mol. The van der Waals surface area contributed by atoms with Crippen molar-refractivity contribution < 1.29 is 19.8 Å². The molecule has 0 aliphatic rings. The Morgan fingerprint density at radius 1 is 1.28 bits per heavy atom. The molecule has 0 saturated carbocycles. The Balaban J connectivity index is 3.77. The fraction of sp³-hybridized carbons (Fsp3) is 0.833. The lowest BCUT2D eigenvalue weighted by molar-refractivity contribution is -0.137. The maximum atomic E-state index is 11.6. The average Bonchev–Trinajstić information content (AvgIpc) is 2.30. The van der Waals surface area contributed by atoms with Gasteiger partial charge in [0.15, 0.2) is 0 Å². The number of carbonyl (C=O) groups is 2. The topological polar surface area (TPSA) is 89.9 Å². The van der Waals surface area contributed by atoms with E-state index in [0.29, 0.717) is 25.9 Å². The van der Waals surface area contributed by atoms with Crippen molar-refractivity contribution >= 4 is 12.0 Å². The summed E-state index contributed by atoms with van der Waals surface area (Å²) in [6.45, 7) is 4.54. The molecular formula is C12H24N2O4. The fourth-order valence-corrected chi connectivity index (χ4v) is 1.35. The van der Waals surface area contributed by atoms with Crippen molar-refractivity contribution in [3.63, 3.8) is 0 Å². The van der Waals surface area contributed by atoms with E-state index in [-0.39, 0.29) is 18.4 Å². The maximum Gasteiger partial charge on any atom is 0.317 e. The van der Waals surface area contributed by atoms with Gasteiger partial charge in [-0.25, -0.2) is 4.79 Å². The van der Waals surface area contributed by atoms with Crippen LogP contribution >= 0.6 is 0 Å². The quantitative estimate of drug-likeness (QED) is 0.605. The molecule has 2 amide bonds. The smallest absolute Gasteiger partial charge is 0.317 e. The number of carboxylic acids is 1. The first-order chi connectivity index (χ1) is 8.32. The van der Waals surface area contributed by atoms with Crippen LogP contribution in [0.25, 0.3) is 0 Å². The highest BCUT2D eigenvalue weighted by Crippen LogP contribution is 2.04. The normalized spacial score (nSPS) is 13.8. The molecule has 106 valence electrons. The molecule has 0 saturated heterocycles. The van der Waals surface area contributed by atoms with E-state index in [9.17, 15) is 9.59 Å². The van der Waals surface area contributed by atoms with Crippen LogP contribution in [0.1, 0.15) is 33.1 Å². The Hall–Kier alpha value is -1.30. The second-order valence-corrected chi connectivity index (χ2v) is 4.78. The van der Waals surface area contributed by atoms with E-state index in [1.165, 1.54) is 4.90 Å². The van der Waals surface area contributed by atoms with Crippen LogP contribution in [0.3, 0.4) is 0 Å². The van der Waals surface area contributed by atoms with Crippen LogP contribution in [-0.4, -0.2) is 53.4 Å². The van der Waals surface area contributed by atoms with Gasteiger partial charge >= 0.3 is 12.0 Å². The molecule has 3 N–H and O–H groups in total. The highest BCUT2D eigenvalue weighted by molar-refractivity contribution is 5.73. The number of carbonyl (C=O) groups excluding carboxylic acids is 1. The molecule has 0 spiro atoms. The van der Waals surface area contributed by atoms with Gasteiger partial charge in [0.1, 0.15) is 0 Å². The maximum absolute atomic E-state index is 11.6. The fourth-order valence-electron chi connectivity index (χ4n) is 1.35. The van der Waals surface area contributed by atoms with Crippen molar-refractivity contribution in [3.8, 4) is 0 Å². The third kappa shape index (κ3) is 8.81. The summed E-state index contributed by atoms with van der Waals surface area (Å²) in [5, 5.41) is 20.4. The summed E-state index contributed by atoms with van der Waals surface area (Å²) in [4.78, 5) is 23.5. The predicted molar refractivity (Wildman–Crippen MR) is 68.4 cm³/mol. The van der Waals surface area contributed by atoms with Gasteiger partial charge in [0.2, 0.25) is 0 Å². The van der Waals surface area contributed by atoms with Crippen molar-refractivity contribution in [3.05, 3.63) is 0 Å². The summed E-state index contributed by atoms with van der Waals surface area (Å²) >= 11 is 0. The average molecular weight is 260 g/mol. The monoisotopic (exact) mass is 260 g/mol. The first kappa shape index (κ1) is 16.7. The van der Waals surface area contributed by atoms with Gasteiger partial charge in [0, 0.05) is 26.6 Å². The molecule has 2 atom stereocenters. The Morgan fingerprint density at radius 2 is 1.89 bits per heavy atom. The number of amides is 2. The van der Waals surface area contributed by atoms with Gasteiger partial charge in [-0.1, -0.05) is 6.92 Å². The highest BCUT2D eigenvalue weighted by atomic mass is 16.4. The summed E-state index contributed by atoms with van der Waals surface area (Å²) in [5.41, 5.74) is 0. The van der Waals surface area contributed by atoms with Crippen molar-refractivity contribution in [1.29, 1.82) is 0 Å². The molecule has 6 nitrogen and oxygen atoms in total. The Bertz CT molecular complexity index is 269. The van der Waals surface area contributed by atoms with E-state index in [1.54, 1.807) is 14.0 Å². The zero-order valence-electron chi connectivity index (χ0n) is 11.3. The molecule has 0 rings (SSSR count). The van der Waals surface area contributed by atoms with Crippen LogP contribution in [0, 0.1) is 5.92 Å². The van der Waals surface area contributed by atoms with Gasteiger partial charge in [-0.05, 0) is 25.7 Å². The molecule has 0 aliphatic carbocycles. The van der Waals surface area contributed by atoms with Crippen molar-refractivity contribution in [1.82, 2.24) is 10.2 Å². The van der Waals surface area contributed by atoms with Crippen LogP contribution in [-0.2, 0) is 4.79 Å². The van der Waals surface area contributed by atoms with Gasteiger partial charge in [-0.15, -0.1) is 0 Å². The predicted octanol–water partition coefficient (Wildman–Crippen LogP) is 0.900. The molecule has 6 heteroatoms. The third-order valence-corrected chi connectivity index (χ3v) is 2.68. The van der Waals surface area contributed by atoms with Gasteiger partial charge in [-0.3, -0.25) is 4.79 Å². The number of aliphatic hydroxyl groups excluding tert-OH is 1. The second-order valence-electron chi connectivity index (χ2n) is 4.78. The Labute approximate surface area is 108 Å². The molecule has 0 radical (unpaired) electrons. The third-order valence-electron chi connectivity index (χ3n) is 2.68. The lowest BCUT2D eigenvalue weighted by Crippen LogP contribution is -2.40. The molecule has 18 heavy (non-hydrogen) atoms. The number of carboxylic acid groups (broad SMARTS) is 1. The van der Waals surface area contributed by atoms with E-state index in [2.05, 4.69) is 5.32 Å². The minimum atomic E-state index is -0.817. The Morgan fingerprint density at radius 3 is 2.39 bits per heavy atom. The summed E-state index contributed by atoms with van der Waals surface area (Å²) < 4.78 is 0. The summed E-state index contributed by atoms with van der Waals surface area (Å²) in [6, 6.07) is -0.196. The van der Waals surface area contributed by atoms with Gasteiger partial charge in [-0.2, -0.15) is 0 Å². The molecule has 0 fully saturated rings. The van der Waals surface area contributed by atoms with E-state index < -0.39 is 12.1 Å². The first-order valence-corrected chi connectivity index (χ1v) is 6.21.